The van der Waals surface area contributed by atoms with Gasteiger partial charge < -0.3 is 20.1 Å². The Hall–Kier alpha value is -3.41. The number of nitrogens with one attached hydrogen (secondary N) is 2. The van der Waals surface area contributed by atoms with Crippen molar-refractivity contribution in [1.82, 2.24) is 19.1 Å². The summed E-state index contributed by atoms with van der Waals surface area (Å²) in [5.41, 5.74) is 2.75. The molecule has 2 aromatic carbocycles. The van der Waals surface area contributed by atoms with E-state index in [0.717, 1.165) is 46.1 Å². The Bertz CT molecular complexity index is 1580. The molecule has 2 aromatic heterocycles. The number of aromatic nitrogens is 1. The van der Waals surface area contributed by atoms with Crippen LogP contribution in [-0.4, -0.2) is 66.3 Å². The first-order valence-electron chi connectivity index (χ1n) is 12.7. The van der Waals surface area contributed by atoms with Gasteiger partial charge in [-0.15, -0.1) is 11.3 Å². The largest absolute Gasteiger partial charge is 0.341 e. The lowest BCUT2D eigenvalue weighted by atomic mass is 10.1. The first-order valence-corrected chi connectivity index (χ1v) is 15.1. The Kier molecular flexibility index (Phi) is 7.42. The van der Waals surface area contributed by atoms with Crippen LogP contribution in [0, 0.1) is 0 Å². The number of anilines is 1. The van der Waals surface area contributed by atoms with E-state index in [-0.39, 0.29) is 29.9 Å². The fourth-order valence-corrected chi connectivity index (χ4v) is 7.71. The Morgan fingerprint density at radius 2 is 1.79 bits per heavy atom. The number of nitrogens with zero attached hydrogens (tertiary/aromatic N) is 3. The average molecular weight is 554 g/mol. The molecule has 3 amide bonds. The van der Waals surface area contributed by atoms with Gasteiger partial charge in [0.2, 0.25) is 5.91 Å². The molecule has 4 aromatic rings. The molecule has 0 radical (unpaired) electrons. The number of hydrogen-bond acceptors (Lipinski definition) is 5. The second-order valence-corrected chi connectivity index (χ2v) is 12.3. The van der Waals surface area contributed by atoms with Gasteiger partial charge in [-0.05, 0) is 49.1 Å². The molecular weight excluding hydrogens is 522 g/mol. The fourth-order valence-electron chi connectivity index (χ4n) is 5.02. The van der Waals surface area contributed by atoms with Crippen LogP contribution in [0.2, 0.25) is 0 Å². The zero-order valence-corrected chi connectivity index (χ0v) is 23.0. The number of benzene rings is 2. The molecule has 0 aliphatic carbocycles. The third kappa shape index (κ3) is 4.77. The molecule has 3 heterocycles. The van der Waals surface area contributed by atoms with Crippen molar-refractivity contribution in [3.05, 3.63) is 60.0 Å². The van der Waals surface area contributed by atoms with Gasteiger partial charge in [-0.25, -0.2) is 13.2 Å². The van der Waals surface area contributed by atoms with Gasteiger partial charge in [-0.2, -0.15) is 4.31 Å². The molecule has 2 N–H and O–H groups in total. The first-order chi connectivity index (χ1) is 18.3. The maximum atomic E-state index is 13.7. The molecule has 1 aliphatic rings. The van der Waals surface area contributed by atoms with E-state index in [1.807, 2.05) is 37.3 Å². The smallest absolute Gasteiger partial charge is 0.317 e. The lowest BCUT2D eigenvalue weighted by molar-refractivity contribution is -0.121. The monoisotopic (exact) mass is 553 g/mol. The number of para-hydroxylation sites is 1. The first kappa shape index (κ1) is 26.2. The highest BCUT2D eigenvalue weighted by molar-refractivity contribution is 7.91. The minimum absolute atomic E-state index is 0.0287. The van der Waals surface area contributed by atoms with Crippen LogP contribution in [0.15, 0.2) is 64.2 Å². The molecule has 5 rings (SSSR count). The van der Waals surface area contributed by atoms with Gasteiger partial charge in [0.1, 0.15) is 10.3 Å². The van der Waals surface area contributed by atoms with Crippen LogP contribution < -0.4 is 10.6 Å². The van der Waals surface area contributed by atoms with Crippen molar-refractivity contribution in [3.8, 4) is 0 Å². The second kappa shape index (κ2) is 10.8. The van der Waals surface area contributed by atoms with Gasteiger partial charge in [-0.1, -0.05) is 31.2 Å². The highest BCUT2D eigenvalue weighted by Gasteiger charge is 2.41. The van der Waals surface area contributed by atoms with Crippen molar-refractivity contribution < 1.29 is 18.0 Å². The van der Waals surface area contributed by atoms with Crippen molar-refractivity contribution in [1.29, 1.82) is 0 Å². The van der Waals surface area contributed by atoms with Crippen LogP contribution in [0.4, 0.5) is 10.5 Å². The predicted molar refractivity (Wildman–Crippen MR) is 151 cm³/mol. The van der Waals surface area contributed by atoms with E-state index in [4.69, 9.17) is 0 Å². The Morgan fingerprint density at radius 1 is 1.00 bits per heavy atom. The molecule has 1 aliphatic heterocycles. The quantitative estimate of drug-likeness (QED) is 0.356. The summed E-state index contributed by atoms with van der Waals surface area (Å²) in [6.45, 7) is 5.56. The summed E-state index contributed by atoms with van der Waals surface area (Å²) in [6, 6.07) is 15.7. The lowest BCUT2D eigenvalue weighted by Crippen LogP contribution is -2.61. The molecule has 1 fully saturated rings. The number of hydrogen-bond donors (Lipinski definition) is 2. The standard InChI is InChI=1S/C27H31N5O4S2/c1-3-13-28-27(34)30-14-15-32(38(35,36)25-10-7-16-37-25)24(18-30)26(33)29-19-11-12-23-21(17-19)20-8-5-6-9-22(20)31(23)4-2/h5-12,16-17,24H,3-4,13-15,18H2,1-2H3,(H,28,34)(H,29,33). The van der Waals surface area contributed by atoms with Gasteiger partial charge in [0.05, 0.1) is 0 Å². The molecule has 1 unspecified atom stereocenters. The number of amides is 3. The summed E-state index contributed by atoms with van der Waals surface area (Å²) in [5, 5.41) is 9.54. The second-order valence-electron chi connectivity index (χ2n) is 9.22. The van der Waals surface area contributed by atoms with E-state index in [1.54, 1.807) is 11.4 Å². The van der Waals surface area contributed by atoms with Crippen LogP contribution in [0.3, 0.4) is 0 Å². The maximum absolute atomic E-state index is 13.7. The van der Waals surface area contributed by atoms with E-state index in [9.17, 15) is 18.0 Å². The van der Waals surface area contributed by atoms with Crippen molar-refractivity contribution in [2.75, 3.05) is 31.5 Å². The van der Waals surface area contributed by atoms with E-state index < -0.39 is 22.0 Å². The number of sulfonamides is 1. The van der Waals surface area contributed by atoms with Gasteiger partial charge >= 0.3 is 6.03 Å². The number of urea groups is 1. The van der Waals surface area contributed by atoms with Crippen LogP contribution in [-0.2, 0) is 21.4 Å². The summed E-state index contributed by atoms with van der Waals surface area (Å²) in [7, 11) is -3.91. The van der Waals surface area contributed by atoms with E-state index in [1.165, 1.54) is 15.3 Å². The van der Waals surface area contributed by atoms with Crippen molar-refractivity contribution in [2.45, 2.75) is 37.1 Å². The molecule has 0 saturated carbocycles. The molecule has 1 saturated heterocycles. The zero-order chi connectivity index (χ0) is 26.9. The number of carbonyl (C=O) groups excluding carboxylic acids is 2. The molecule has 11 heteroatoms. The van der Waals surface area contributed by atoms with E-state index in [2.05, 4.69) is 34.3 Å². The molecule has 1 atom stereocenters. The van der Waals surface area contributed by atoms with Crippen molar-refractivity contribution in [3.63, 3.8) is 0 Å². The van der Waals surface area contributed by atoms with Gasteiger partial charge in [0.15, 0.2) is 0 Å². The van der Waals surface area contributed by atoms with E-state index in [0.29, 0.717) is 12.2 Å². The SMILES string of the molecule is CCCNC(=O)N1CCN(S(=O)(=O)c2cccs2)C(C(=O)Nc2ccc3c(c2)c2ccccc2n3CC)C1. The lowest BCUT2D eigenvalue weighted by Gasteiger charge is -2.39. The van der Waals surface area contributed by atoms with Crippen LogP contribution in [0.5, 0.6) is 0 Å². The zero-order valence-electron chi connectivity index (χ0n) is 21.4. The predicted octanol–water partition coefficient (Wildman–Crippen LogP) is 4.31. The third-order valence-corrected chi connectivity index (χ3v) is 10.1. The van der Waals surface area contributed by atoms with Crippen LogP contribution >= 0.6 is 11.3 Å². The number of piperazine rings is 1. The molecule has 200 valence electrons. The van der Waals surface area contributed by atoms with Gasteiger partial charge in [0, 0.05) is 60.2 Å². The minimum atomic E-state index is -3.91. The van der Waals surface area contributed by atoms with Gasteiger partial charge in [-0.3, -0.25) is 4.79 Å². The summed E-state index contributed by atoms with van der Waals surface area (Å²) in [5.74, 6) is -0.475. The number of fused-ring (bicyclic) bond motifs is 3. The highest BCUT2D eigenvalue weighted by Crippen LogP contribution is 2.31. The van der Waals surface area contributed by atoms with Crippen molar-refractivity contribution in [2.24, 2.45) is 0 Å². The van der Waals surface area contributed by atoms with Gasteiger partial charge in [0.25, 0.3) is 10.0 Å². The number of rotatable bonds is 7. The maximum Gasteiger partial charge on any atom is 0.317 e. The molecule has 38 heavy (non-hydrogen) atoms. The highest BCUT2D eigenvalue weighted by atomic mass is 32.2. The van der Waals surface area contributed by atoms with E-state index >= 15 is 0 Å². The topological polar surface area (TPSA) is 104 Å². The molecule has 0 bridgehead atoms. The molecule has 9 nitrogen and oxygen atoms in total. The number of thiophene rings is 1. The van der Waals surface area contributed by atoms with Crippen LogP contribution in [0.1, 0.15) is 20.3 Å². The van der Waals surface area contributed by atoms with Crippen molar-refractivity contribution >= 4 is 60.8 Å². The molecule has 0 spiro atoms. The average Bonchev–Trinajstić information content (AvgIpc) is 3.58. The minimum Gasteiger partial charge on any atom is -0.341 e. The molecular formula is C27H31N5O4S2. The summed E-state index contributed by atoms with van der Waals surface area (Å²) < 4.78 is 30.5. The number of carbonyl (C=O) groups is 2. The third-order valence-electron chi connectivity index (χ3n) is 6.86. The number of aryl methyl sites for hydroxylation is 1. The Balaban J connectivity index is 1.46. The normalized spacial score (nSPS) is 16.7. The van der Waals surface area contributed by atoms with Crippen LogP contribution in [0.25, 0.3) is 21.8 Å². The Morgan fingerprint density at radius 3 is 2.53 bits per heavy atom. The fraction of sp³-hybridized carbons (Fsp3) is 0.333. The summed E-state index contributed by atoms with van der Waals surface area (Å²) in [6.07, 6.45) is 0.777. The summed E-state index contributed by atoms with van der Waals surface area (Å²) in [4.78, 5) is 27.9. The Labute approximate surface area is 226 Å². The summed E-state index contributed by atoms with van der Waals surface area (Å²) >= 11 is 1.11.